The molecule has 1 heterocycles. The third-order valence-electron chi connectivity index (χ3n) is 3.63. The van der Waals surface area contributed by atoms with Crippen molar-refractivity contribution in [3.63, 3.8) is 0 Å². The highest BCUT2D eigenvalue weighted by atomic mass is 79.9. The average molecular weight is 318 g/mol. The predicted molar refractivity (Wildman–Crippen MR) is 81.9 cm³/mol. The van der Waals surface area contributed by atoms with Gasteiger partial charge in [-0.2, -0.15) is 0 Å². The second kappa shape index (κ2) is 4.99. The summed E-state index contributed by atoms with van der Waals surface area (Å²) in [7, 11) is 0. The molecule has 3 rings (SSSR count). The van der Waals surface area contributed by atoms with E-state index in [4.69, 9.17) is 0 Å². The van der Waals surface area contributed by atoms with Crippen LogP contribution in [0.5, 0.6) is 0 Å². The summed E-state index contributed by atoms with van der Waals surface area (Å²) in [6.45, 7) is 2.79. The molecule has 0 saturated carbocycles. The van der Waals surface area contributed by atoms with E-state index in [2.05, 4.69) is 51.2 Å². The third-order valence-corrected chi connectivity index (χ3v) is 4.27. The monoisotopic (exact) mass is 317 g/mol. The van der Waals surface area contributed by atoms with E-state index in [1.807, 2.05) is 12.1 Å². The molecule has 1 N–H and O–H groups in total. The Hall–Kier alpha value is -1.32. The van der Waals surface area contributed by atoms with E-state index in [1.54, 1.807) is 6.92 Å². The summed E-state index contributed by atoms with van der Waals surface area (Å²) >= 11 is 3.62. The number of para-hydroxylation sites is 1. The van der Waals surface area contributed by atoms with Crippen LogP contribution in [0, 0.1) is 0 Å². The highest BCUT2D eigenvalue weighted by Crippen LogP contribution is 2.38. The molecule has 98 valence electrons. The molecular weight excluding hydrogens is 302 g/mol. The first-order valence-electron chi connectivity index (χ1n) is 6.50. The van der Waals surface area contributed by atoms with Crippen molar-refractivity contribution in [2.24, 2.45) is 0 Å². The Kier molecular flexibility index (Phi) is 3.33. The number of fused-ring (bicyclic) bond motifs is 1. The van der Waals surface area contributed by atoms with Gasteiger partial charge in [0.25, 0.3) is 0 Å². The number of benzene rings is 2. The highest BCUT2D eigenvalue weighted by molar-refractivity contribution is 9.10. The maximum absolute atomic E-state index is 9.63. The van der Waals surface area contributed by atoms with Crippen molar-refractivity contribution in [2.75, 3.05) is 11.4 Å². The number of hydrogen-bond acceptors (Lipinski definition) is 2. The Bertz CT molecular complexity index is 609. The molecule has 2 aromatic carbocycles. The van der Waals surface area contributed by atoms with Crippen molar-refractivity contribution in [3.05, 3.63) is 58.1 Å². The Balaban J connectivity index is 2.00. The second-order valence-corrected chi connectivity index (χ2v) is 5.77. The molecule has 19 heavy (non-hydrogen) atoms. The number of nitrogens with zero attached hydrogens (tertiary/aromatic N) is 1. The van der Waals surface area contributed by atoms with Crippen LogP contribution in [0.15, 0.2) is 46.9 Å². The van der Waals surface area contributed by atoms with Gasteiger partial charge in [-0.25, -0.2) is 0 Å². The van der Waals surface area contributed by atoms with E-state index < -0.39 is 6.10 Å². The van der Waals surface area contributed by atoms with Gasteiger partial charge in [-0.15, -0.1) is 0 Å². The van der Waals surface area contributed by atoms with Crippen LogP contribution in [0.25, 0.3) is 0 Å². The molecule has 1 aliphatic rings. The van der Waals surface area contributed by atoms with Gasteiger partial charge in [-0.3, -0.25) is 0 Å². The quantitative estimate of drug-likeness (QED) is 0.897. The lowest BCUT2D eigenvalue weighted by Crippen LogP contribution is -2.14. The summed E-state index contributed by atoms with van der Waals surface area (Å²) in [5, 5.41) is 9.63. The van der Waals surface area contributed by atoms with Crippen molar-refractivity contribution < 1.29 is 5.11 Å². The van der Waals surface area contributed by atoms with Crippen molar-refractivity contribution in [1.82, 2.24) is 0 Å². The SMILES string of the molecule is C[C@H](O)c1ccc(N2CCc3ccccc32)c(Br)c1. The molecule has 0 aromatic heterocycles. The van der Waals surface area contributed by atoms with Crippen LogP contribution in [0.4, 0.5) is 11.4 Å². The van der Waals surface area contributed by atoms with Crippen molar-refractivity contribution in [3.8, 4) is 0 Å². The lowest BCUT2D eigenvalue weighted by molar-refractivity contribution is 0.199. The van der Waals surface area contributed by atoms with Crippen LogP contribution in [-0.4, -0.2) is 11.7 Å². The third kappa shape index (κ3) is 2.28. The largest absolute Gasteiger partial charge is 0.389 e. The van der Waals surface area contributed by atoms with Gasteiger partial charge in [-0.1, -0.05) is 24.3 Å². The molecule has 0 aliphatic carbocycles. The minimum Gasteiger partial charge on any atom is -0.389 e. The van der Waals surface area contributed by atoms with Crippen molar-refractivity contribution in [1.29, 1.82) is 0 Å². The summed E-state index contributed by atoms with van der Waals surface area (Å²) in [5.41, 5.74) is 4.78. The van der Waals surface area contributed by atoms with Crippen LogP contribution in [0.2, 0.25) is 0 Å². The Morgan fingerprint density at radius 1 is 1.16 bits per heavy atom. The molecule has 0 amide bonds. The number of anilines is 2. The molecule has 1 atom stereocenters. The molecule has 0 spiro atoms. The molecule has 0 bridgehead atoms. The minimum atomic E-state index is -0.434. The fraction of sp³-hybridized carbons (Fsp3) is 0.250. The normalized spacial score (nSPS) is 15.4. The summed E-state index contributed by atoms with van der Waals surface area (Å²) in [6.07, 6.45) is 0.650. The van der Waals surface area contributed by atoms with E-state index in [0.29, 0.717) is 0 Å². The summed E-state index contributed by atoms with van der Waals surface area (Å²) in [4.78, 5) is 2.32. The Morgan fingerprint density at radius 2 is 1.95 bits per heavy atom. The first kappa shape index (κ1) is 12.7. The summed E-state index contributed by atoms with van der Waals surface area (Å²) < 4.78 is 1.03. The summed E-state index contributed by atoms with van der Waals surface area (Å²) in [6, 6.07) is 14.6. The zero-order valence-corrected chi connectivity index (χ0v) is 12.4. The maximum atomic E-state index is 9.63. The van der Waals surface area contributed by atoms with Gasteiger partial charge in [-0.05, 0) is 58.6 Å². The molecule has 0 fully saturated rings. The zero-order valence-electron chi connectivity index (χ0n) is 10.8. The molecule has 3 heteroatoms. The van der Waals surface area contributed by atoms with Gasteiger partial charge in [0, 0.05) is 16.7 Å². The Morgan fingerprint density at radius 3 is 2.68 bits per heavy atom. The van der Waals surface area contributed by atoms with Crippen LogP contribution in [0.3, 0.4) is 0 Å². The number of rotatable bonds is 2. The van der Waals surface area contributed by atoms with Crippen LogP contribution in [-0.2, 0) is 6.42 Å². The topological polar surface area (TPSA) is 23.5 Å². The molecule has 2 nitrogen and oxygen atoms in total. The Labute approximate surface area is 121 Å². The van der Waals surface area contributed by atoms with E-state index in [-0.39, 0.29) is 0 Å². The van der Waals surface area contributed by atoms with Crippen molar-refractivity contribution in [2.45, 2.75) is 19.4 Å². The molecule has 0 unspecified atom stereocenters. The van der Waals surface area contributed by atoms with E-state index in [1.165, 1.54) is 11.3 Å². The number of halogens is 1. The van der Waals surface area contributed by atoms with E-state index in [9.17, 15) is 5.11 Å². The number of aliphatic hydroxyl groups excluding tert-OH is 1. The lowest BCUT2D eigenvalue weighted by atomic mass is 10.1. The average Bonchev–Trinajstić information content (AvgIpc) is 2.82. The van der Waals surface area contributed by atoms with Gasteiger partial charge in [0.15, 0.2) is 0 Å². The predicted octanol–water partition coefficient (Wildman–Crippen LogP) is 4.20. The van der Waals surface area contributed by atoms with Gasteiger partial charge < -0.3 is 10.0 Å². The van der Waals surface area contributed by atoms with Gasteiger partial charge in [0.2, 0.25) is 0 Å². The number of aliphatic hydroxyl groups is 1. The summed E-state index contributed by atoms with van der Waals surface area (Å²) in [5.74, 6) is 0. The fourth-order valence-electron chi connectivity index (χ4n) is 2.59. The first-order chi connectivity index (χ1) is 9.16. The van der Waals surface area contributed by atoms with E-state index in [0.717, 1.165) is 28.7 Å². The molecule has 0 radical (unpaired) electrons. The maximum Gasteiger partial charge on any atom is 0.0762 e. The van der Waals surface area contributed by atoms with Crippen molar-refractivity contribution >= 4 is 27.3 Å². The highest BCUT2D eigenvalue weighted by Gasteiger charge is 2.21. The second-order valence-electron chi connectivity index (χ2n) is 4.92. The standard InChI is InChI=1S/C16H16BrNO/c1-11(19)13-6-7-16(14(17)10-13)18-9-8-12-4-2-3-5-15(12)18/h2-7,10-11,19H,8-9H2,1H3/t11-/m0/s1. The first-order valence-corrected chi connectivity index (χ1v) is 7.29. The van der Waals surface area contributed by atoms with E-state index >= 15 is 0 Å². The van der Waals surface area contributed by atoms with Gasteiger partial charge in [0.05, 0.1) is 11.8 Å². The van der Waals surface area contributed by atoms with Gasteiger partial charge in [0.1, 0.15) is 0 Å². The molecular formula is C16H16BrNO. The van der Waals surface area contributed by atoms with Crippen LogP contribution >= 0.6 is 15.9 Å². The fourth-order valence-corrected chi connectivity index (χ4v) is 3.20. The minimum absolute atomic E-state index is 0.434. The smallest absolute Gasteiger partial charge is 0.0762 e. The number of hydrogen-bond donors (Lipinski definition) is 1. The molecule has 2 aromatic rings. The van der Waals surface area contributed by atoms with Crippen LogP contribution in [0.1, 0.15) is 24.2 Å². The zero-order chi connectivity index (χ0) is 13.4. The van der Waals surface area contributed by atoms with Crippen LogP contribution < -0.4 is 4.90 Å². The van der Waals surface area contributed by atoms with Gasteiger partial charge >= 0.3 is 0 Å². The lowest BCUT2D eigenvalue weighted by Gasteiger charge is -2.22. The molecule has 0 saturated heterocycles. The molecule has 1 aliphatic heterocycles.